The molecule has 1 aromatic heterocycles. The van der Waals surface area contributed by atoms with Crippen LogP contribution in [0, 0.1) is 5.82 Å². The number of ether oxygens (including phenoxy) is 1. The van der Waals surface area contributed by atoms with Crippen LogP contribution in [0.4, 0.5) is 20.6 Å². The Morgan fingerprint density at radius 1 is 1.25 bits per heavy atom. The predicted molar refractivity (Wildman–Crippen MR) is 72.2 cm³/mol. The van der Waals surface area contributed by atoms with E-state index in [1.165, 1.54) is 30.6 Å². The molecule has 0 fully saturated rings. The molecule has 0 atom stereocenters. The molecule has 104 valence electrons. The van der Waals surface area contributed by atoms with Gasteiger partial charge in [-0.15, -0.1) is 0 Å². The lowest BCUT2D eigenvalue weighted by atomic mass is 10.3. The van der Waals surface area contributed by atoms with Crippen LogP contribution < -0.4 is 15.4 Å². The quantitative estimate of drug-likeness (QED) is 0.900. The van der Waals surface area contributed by atoms with Gasteiger partial charge in [0.05, 0.1) is 24.7 Å². The first-order valence-corrected chi connectivity index (χ1v) is 5.96. The molecule has 1 aromatic carbocycles. The van der Waals surface area contributed by atoms with E-state index in [0.717, 1.165) is 0 Å². The number of hydrogen-bond donors (Lipinski definition) is 2. The summed E-state index contributed by atoms with van der Waals surface area (Å²) < 4.78 is 18.0. The fourth-order valence-electron chi connectivity index (χ4n) is 1.44. The van der Waals surface area contributed by atoms with E-state index in [-0.39, 0.29) is 6.01 Å². The van der Waals surface area contributed by atoms with E-state index >= 15 is 0 Å². The Balaban J connectivity index is 1.94. The van der Waals surface area contributed by atoms with Crippen molar-refractivity contribution in [1.82, 2.24) is 9.97 Å². The van der Waals surface area contributed by atoms with Gasteiger partial charge in [0.25, 0.3) is 0 Å². The second-order valence-corrected chi connectivity index (χ2v) is 3.78. The number of urea groups is 1. The van der Waals surface area contributed by atoms with Gasteiger partial charge in [-0.2, -0.15) is 0 Å². The second-order valence-electron chi connectivity index (χ2n) is 3.78. The number of benzene rings is 1. The third-order valence-corrected chi connectivity index (χ3v) is 2.24. The van der Waals surface area contributed by atoms with Crippen LogP contribution in [0.1, 0.15) is 6.92 Å². The topological polar surface area (TPSA) is 76.1 Å². The largest absolute Gasteiger partial charge is 0.464 e. The maximum Gasteiger partial charge on any atom is 0.323 e. The van der Waals surface area contributed by atoms with E-state index < -0.39 is 11.8 Å². The van der Waals surface area contributed by atoms with Crippen molar-refractivity contribution in [2.45, 2.75) is 6.92 Å². The van der Waals surface area contributed by atoms with Gasteiger partial charge in [-0.1, -0.05) is 6.07 Å². The number of hydrogen-bond acceptors (Lipinski definition) is 4. The first-order valence-electron chi connectivity index (χ1n) is 5.96. The molecule has 0 unspecified atom stereocenters. The van der Waals surface area contributed by atoms with Crippen molar-refractivity contribution < 1.29 is 13.9 Å². The Hall–Kier alpha value is -2.70. The van der Waals surface area contributed by atoms with Crippen LogP contribution in [0.25, 0.3) is 0 Å². The van der Waals surface area contributed by atoms with Crippen LogP contribution in [0.2, 0.25) is 0 Å². The van der Waals surface area contributed by atoms with E-state index in [1.807, 2.05) is 6.92 Å². The lowest BCUT2D eigenvalue weighted by Gasteiger charge is -2.07. The summed E-state index contributed by atoms with van der Waals surface area (Å²) in [5.41, 5.74) is 0.761. The van der Waals surface area contributed by atoms with Crippen molar-refractivity contribution in [3.63, 3.8) is 0 Å². The molecule has 7 heteroatoms. The number of halogens is 1. The van der Waals surface area contributed by atoms with Crippen molar-refractivity contribution in [1.29, 1.82) is 0 Å². The molecule has 0 aliphatic rings. The van der Waals surface area contributed by atoms with Crippen LogP contribution in [-0.4, -0.2) is 22.6 Å². The maximum absolute atomic E-state index is 13.0. The first kappa shape index (κ1) is 13.7. The number of carbonyl (C=O) groups excluding carboxylic acids is 1. The zero-order valence-electron chi connectivity index (χ0n) is 10.8. The molecule has 0 saturated carbocycles. The highest BCUT2D eigenvalue weighted by molar-refractivity contribution is 5.99. The third kappa shape index (κ3) is 3.91. The van der Waals surface area contributed by atoms with Crippen LogP contribution >= 0.6 is 0 Å². The summed E-state index contributed by atoms with van der Waals surface area (Å²) in [7, 11) is 0. The number of amides is 2. The minimum absolute atomic E-state index is 0.239. The number of rotatable bonds is 4. The minimum Gasteiger partial charge on any atom is -0.464 e. The second kappa shape index (κ2) is 6.46. The molecule has 2 rings (SSSR count). The molecule has 0 saturated heterocycles. The number of anilines is 2. The van der Waals surface area contributed by atoms with E-state index in [2.05, 4.69) is 20.6 Å². The zero-order valence-corrected chi connectivity index (χ0v) is 10.8. The predicted octanol–water partition coefficient (Wildman–Crippen LogP) is 2.66. The van der Waals surface area contributed by atoms with Crippen molar-refractivity contribution in [3.8, 4) is 6.01 Å². The Labute approximate surface area is 115 Å². The summed E-state index contributed by atoms with van der Waals surface area (Å²) >= 11 is 0. The summed E-state index contributed by atoms with van der Waals surface area (Å²) in [6.45, 7) is 2.29. The van der Waals surface area contributed by atoms with Crippen molar-refractivity contribution >= 4 is 17.4 Å². The lowest BCUT2D eigenvalue weighted by Crippen LogP contribution is -2.19. The summed E-state index contributed by atoms with van der Waals surface area (Å²) in [5, 5.41) is 5.02. The van der Waals surface area contributed by atoms with Gasteiger partial charge in [0, 0.05) is 5.69 Å². The van der Waals surface area contributed by atoms with Crippen LogP contribution in [-0.2, 0) is 0 Å². The average molecular weight is 276 g/mol. The molecule has 0 radical (unpaired) electrons. The molecule has 20 heavy (non-hydrogen) atoms. The van der Waals surface area contributed by atoms with Crippen molar-refractivity contribution in [2.75, 3.05) is 17.2 Å². The van der Waals surface area contributed by atoms with E-state index in [4.69, 9.17) is 4.74 Å². The molecular formula is C13H13FN4O2. The van der Waals surface area contributed by atoms with Gasteiger partial charge in [-0.3, -0.25) is 0 Å². The number of nitrogens with zero attached hydrogens (tertiary/aromatic N) is 2. The van der Waals surface area contributed by atoms with E-state index in [9.17, 15) is 9.18 Å². The number of carbonyl (C=O) groups is 1. The highest BCUT2D eigenvalue weighted by atomic mass is 19.1. The van der Waals surface area contributed by atoms with Crippen molar-refractivity contribution in [3.05, 3.63) is 42.5 Å². The highest BCUT2D eigenvalue weighted by Gasteiger charge is 2.04. The monoisotopic (exact) mass is 276 g/mol. The van der Waals surface area contributed by atoms with Gasteiger partial charge in [-0.05, 0) is 25.1 Å². The molecule has 2 amide bonds. The van der Waals surface area contributed by atoms with Gasteiger partial charge < -0.3 is 15.4 Å². The summed E-state index contributed by atoms with van der Waals surface area (Å²) in [4.78, 5) is 19.5. The fraction of sp³-hybridized carbons (Fsp3) is 0.154. The van der Waals surface area contributed by atoms with Gasteiger partial charge >= 0.3 is 12.0 Å². The Kier molecular flexibility index (Phi) is 4.43. The molecule has 1 heterocycles. The minimum atomic E-state index is -0.511. The van der Waals surface area contributed by atoms with Crippen molar-refractivity contribution in [2.24, 2.45) is 0 Å². The molecule has 0 spiro atoms. The molecule has 0 aliphatic heterocycles. The standard InChI is InChI=1S/C13H13FN4O2/c1-2-20-13-15-7-11(8-16-13)18-12(19)17-10-5-3-4-9(14)6-10/h3-8H,2H2,1H3,(H2,17,18,19). The first-order chi connectivity index (χ1) is 9.67. The molecule has 0 aliphatic carbocycles. The van der Waals surface area contributed by atoms with Crippen LogP contribution in [0.5, 0.6) is 6.01 Å². The summed E-state index contributed by atoms with van der Waals surface area (Å²) in [6.07, 6.45) is 2.84. The van der Waals surface area contributed by atoms with E-state index in [0.29, 0.717) is 18.0 Å². The lowest BCUT2D eigenvalue weighted by molar-refractivity contribution is 0.262. The average Bonchev–Trinajstić information content (AvgIpc) is 2.41. The smallest absolute Gasteiger partial charge is 0.323 e. The SMILES string of the molecule is CCOc1ncc(NC(=O)Nc2cccc(F)c2)cn1. The fourth-order valence-corrected chi connectivity index (χ4v) is 1.44. The molecule has 2 N–H and O–H groups in total. The van der Waals surface area contributed by atoms with E-state index in [1.54, 1.807) is 6.07 Å². The molecular weight excluding hydrogens is 263 g/mol. The Morgan fingerprint density at radius 3 is 2.60 bits per heavy atom. The highest BCUT2D eigenvalue weighted by Crippen LogP contribution is 2.11. The normalized spacial score (nSPS) is 9.90. The van der Waals surface area contributed by atoms with Crippen LogP contribution in [0.15, 0.2) is 36.7 Å². The Bertz CT molecular complexity index is 589. The zero-order chi connectivity index (χ0) is 14.4. The third-order valence-electron chi connectivity index (χ3n) is 2.24. The van der Waals surface area contributed by atoms with Gasteiger partial charge in [0.15, 0.2) is 0 Å². The van der Waals surface area contributed by atoms with Gasteiger partial charge in [-0.25, -0.2) is 19.2 Å². The van der Waals surface area contributed by atoms with Gasteiger partial charge in [0.2, 0.25) is 0 Å². The van der Waals surface area contributed by atoms with Gasteiger partial charge in [0.1, 0.15) is 5.82 Å². The number of aromatic nitrogens is 2. The summed E-state index contributed by atoms with van der Waals surface area (Å²) in [6, 6.07) is 5.33. The summed E-state index contributed by atoms with van der Waals surface area (Å²) in [5.74, 6) is -0.424. The van der Waals surface area contributed by atoms with Crippen LogP contribution in [0.3, 0.4) is 0 Å². The number of nitrogens with one attached hydrogen (secondary N) is 2. The maximum atomic E-state index is 13.0. The molecule has 2 aromatic rings. The Morgan fingerprint density at radius 2 is 1.95 bits per heavy atom. The molecule has 0 bridgehead atoms. The molecule has 6 nitrogen and oxygen atoms in total.